The summed E-state index contributed by atoms with van der Waals surface area (Å²) in [5.41, 5.74) is 15.3. The zero-order valence-corrected chi connectivity index (χ0v) is 8.60. The SMILES string of the molecule is CC[C@H](N)C(=O)N(CC(N)=O)CC(N)=O. The molecule has 0 unspecified atom stereocenters. The van der Waals surface area contributed by atoms with Gasteiger partial charge in [0.15, 0.2) is 0 Å². The number of carbonyl (C=O) groups is 3. The third-order valence-electron chi connectivity index (χ3n) is 1.76. The van der Waals surface area contributed by atoms with E-state index in [0.29, 0.717) is 6.42 Å². The largest absolute Gasteiger partial charge is 0.368 e. The van der Waals surface area contributed by atoms with Crippen molar-refractivity contribution in [1.29, 1.82) is 0 Å². The Kier molecular flexibility index (Phi) is 5.32. The molecule has 7 heteroatoms. The first kappa shape index (κ1) is 13.4. The molecule has 6 N–H and O–H groups in total. The van der Waals surface area contributed by atoms with Gasteiger partial charge >= 0.3 is 0 Å². The van der Waals surface area contributed by atoms with Crippen molar-refractivity contribution in [2.45, 2.75) is 19.4 Å². The number of hydrogen-bond donors (Lipinski definition) is 3. The Hall–Kier alpha value is -1.63. The highest BCUT2D eigenvalue weighted by molar-refractivity contribution is 5.90. The predicted molar refractivity (Wildman–Crippen MR) is 53.2 cm³/mol. The second-order valence-corrected chi connectivity index (χ2v) is 3.14. The van der Waals surface area contributed by atoms with Crippen LogP contribution in [-0.4, -0.2) is 41.8 Å². The quantitative estimate of drug-likeness (QED) is 0.453. The number of nitrogens with zero attached hydrogens (tertiary/aromatic N) is 1. The molecular weight excluding hydrogens is 200 g/mol. The van der Waals surface area contributed by atoms with Crippen LogP contribution in [0.15, 0.2) is 0 Å². The van der Waals surface area contributed by atoms with Crippen LogP contribution in [0.4, 0.5) is 0 Å². The molecule has 0 aliphatic carbocycles. The van der Waals surface area contributed by atoms with Gasteiger partial charge in [0.05, 0.1) is 19.1 Å². The Morgan fingerprint density at radius 1 is 1.13 bits per heavy atom. The molecule has 1 atom stereocenters. The molecule has 0 saturated heterocycles. The minimum absolute atomic E-state index is 0.352. The van der Waals surface area contributed by atoms with Crippen molar-refractivity contribution in [3.8, 4) is 0 Å². The highest BCUT2D eigenvalue weighted by atomic mass is 16.2. The van der Waals surface area contributed by atoms with Gasteiger partial charge in [-0.25, -0.2) is 0 Å². The van der Waals surface area contributed by atoms with Crippen molar-refractivity contribution in [2.75, 3.05) is 13.1 Å². The topological polar surface area (TPSA) is 133 Å². The second-order valence-electron chi connectivity index (χ2n) is 3.14. The fourth-order valence-corrected chi connectivity index (χ4v) is 0.997. The summed E-state index contributed by atoms with van der Waals surface area (Å²) in [5, 5.41) is 0. The fraction of sp³-hybridized carbons (Fsp3) is 0.625. The van der Waals surface area contributed by atoms with E-state index < -0.39 is 23.8 Å². The molecule has 0 aliphatic heterocycles. The maximum absolute atomic E-state index is 11.5. The number of nitrogens with two attached hydrogens (primary N) is 3. The van der Waals surface area contributed by atoms with Gasteiger partial charge in [0, 0.05) is 0 Å². The van der Waals surface area contributed by atoms with Crippen molar-refractivity contribution in [3.63, 3.8) is 0 Å². The second kappa shape index (κ2) is 5.97. The van der Waals surface area contributed by atoms with Crippen molar-refractivity contribution < 1.29 is 14.4 Å². The summed E-state index contributed by atoms with van der Waals surface area (Å²) >= 11 is 0. The van der Waals surface area contributed by atoms with Gasteiger partial charge in [0.1, 0.15) is 0 Å². The first-order valence-corrected chi connectivity index (χ1v) is 4.49. The standard InChI is InChI=1S/C8H16N4O3/c1-2-5(9)8(15)12(3-6(10)13)4-7(11)14/h5H,2-4,9H2,1H3,(H2,10,13)(H2,11,14)/t5-/m0/s1. The van der Waals surface area contributed by atoms with Gasteiger partial charge in [-0.2, -0.15) is 0 Å². The van der Waals surface area contributed by atoms with Crippen LogP contribution in [0.5, 0.6) is 0 Å². The van der Waals surface area contributed by atoms with E-state index in [1.807, 2.05) is 0 Å². The molecular formula is C8H16N4O3. The Morgan fingerprint density at radius 3 is 1.80 bits per heavy atom. The summed E-state index contributed by atoms with van der Waals surface area (Å²) in [6, 6.07) is -0.747. The highest BCUT2D eigenvalue weighted by Crippen LogP contribution is 1.96. The first-order valence-electron chi connectivity index (χ1n) is 4.49. The molecule has 0 spiro atoms. The third kappa shape index (κ3) is 4.96. The van der Waals surface area contributed by atoms with Crippen LogP contribution < -0.4 is 17.2 Å². The molecule has 0 heterocycles. The van der Waals surface area contributed by atoms with E-state index >= 15 is 0 Å². The maximum Gasteiger partial charge on any atom is 0.240 e. The molecule has 0 rings (SSSR count). The summed E-state index contributed by atoms with van der Waals surface area (Å²) in [7, 11) is 0. The lowest BCUT2D eigenvalue weighted by Crippen LogP contribution is -2.49. The van der Waals surface area contributed by atoms with Gasteiger partial charge in [-0.15, -0.1) is 0 Å². The number of hydrogen-bond acceptors (Lipinski definition) is 4. The summed E-state index contributed by atoms with van der Waals surface area (Å²) in [4.78, 5) is 33.8. The molecule has 0 aromatic rings. The highest BCUT2D eigenvalue weighted by Gasteiger charge is 2.22. The average molecular weight is 216 g/mol. The van der Waals surface area contributed by atoms with E-state index in [9.17, 15) is 14.4 Å². The Balaban J connectivity index is 4.53. The fourth-order valence-electron chi connectivity index (χ4n) is 0.997. The van der Waals surface area contributed by atoms with Crippen LogP contribution in [0.3, 0.4) is 0 Å². The molecule has 3 amide bonds. The van der Waals surface area contributed by atoms with Crippen LogP contribution in [0.2, 0.25) is 0 Å². The lowest BCUT2D eigenvalue weighted by atomic mass is 10.2. The van der Waals surface area contributed by atoms with Crippen LogP contribution in [0.1, 0.15) is 13.3 Å². The maximum atomic E-state index is 11.5. The minimum atomic E-state index is -0.747. The van der Waals surface area contributed by atoms with E-state index in [0.717, 1.165) is 4.90 Å². The number of primary amides is 2. The van der Waals surface area contributed by atoms with Gasteiger partial charge in [-0.05, 0) is 6.42 Å². The van der Waals surface area contributed by atoms with E-state index in [2.05, 4.69) is 0 Å². The normalized spacial score (nSPS) is 11.9. The molecule has 86 valence electrons. The lowest BCUT2D eigenvalue weighted by molar-refractivity contribution is -0.139. The van der Waals surface area contributed by atoms with Crippen LogP contribution >= 0.6 is 0 Å². The first-order chi connectivity index (χ1) is 6.88. The Bertz CT molecular complexity index is 251. The summed E-state index contributed by atoms with van der Waals surface area (Å²) < 4.78 is 0. The summed E-state index contributed by atoms with van der Waals surface area (Å²) in [5.74, 6) is -1.93. The Morgan fingerprint density at radius 2 is 1.53 bits per heavy atom. The smallest absolute Gasteiger partial charge is 0.240 e. The molecule has 0 radical (unpaired) electrons. The molecule has 0 saturated carbocycles. The van der Waals surface area contributed by atoms with Crippen molar-refractivity contribution in [3.05, 3.63) is 0 Å². The Labute approximate surface area is 87.6 Å². The molecule has 15 heavy (non-hydrogen) atoms. The van der Waals surface area contributed by atoms with Crippen LogP contribution in [0, 0.1) is 0 Å². The van der Waals surface area contributed by atoms with Gasteiger partial charge in [0.2, 0.25) is 17.7 Å². The zero-order chi connectivity index (χ0) is 12.0. The number of rotatable bonds is 6. The van der Waals surface area contributed by atoms with Crippen LogP contribution in [0.25, 0.3) is 0 Å². The molecule has 0 aromatic heterocycles. The van der Waals surface area contributed by atoms with Crippen molar-refractivity contribution >= 4 is 17.7 Å². The molecule has 0 aliphatic rings. The van der Waals surface area contributed by atoms with Gasteiger partial charge < -0.3 is 22.1 Å². The summed E-state index contributed by atoms with van der Waals surface area (Å²) in [6.45, 7) is 1.01. The molecule has 0 bridgehead atoms. The monoisotopic (exact) mass is 216 g/mol. The van der Waals surface area contributed by atoms with Crippen molar-refractivity contribution in [1.82, 2.24) is 4.90 Å². The van der Waals surface area contributed by atoms with E-state index in [4.69, 9.17) is 17.2 Å². The predicted octanol–water partition coefficient (Wildman–Crippen LogP) is -2.48. The molecule has 0 fully saturated rings. The average Bonchev–Trinajstić information content (AvgIpc) is 2.13. The number of carbonyl (C=O) groups excluding carboxylic acids is 3. The van der Waals surface area contributed by atoms with Crippen molar-refractivity contribution in [2.24, 2.45) is 17.2 Å². The van der Waals surface area contributed by atoms with Crippen LogP contribution in [-0.2, 0) is 14.4 Å². The lowest BCUT2D eigenvalue weighted by Gasteiger charge is -2.22. The zero-order valence-electron chi connectivity index (χ0n) is 8.60. The van der Waals surface area contributed by atoms with Gasteiger partial charge in [-0.3, -0.25) is 14.4 Å². The number of amides is 3. The minimum Gasteiger partial charge on any atom is -0.368 e. The van der Waals surface area contributed by atoms with E-state index in [1.54, 1.807) is 6.92 Å². The van der Waals surface area contributed by atoms with Gasteiger partial charge in [-0.1, -0.05) is 6.92 Å². The molecule has 7 nitrogen and oxygen atoms in total. The third-order valence-corrected chi connectivity index (χ3v) is 1.76. The van der Waals surface area contributed by atoms with E-state index in [1.165, 1.54) is 0 Å². The van der Waals surface area contributed by atoms with E-state index in [-0.39, 0.29) is 13.1 Å². The van der Waals surface area contributed by atoms with Gasteiger partial charge in [0.25, 0.3) is 0 Å². The molecule has 0 aromatic carbocycles. The summed E-state index contributed by atoms with van der Waals surface area (Å²) in [6.07, 6.45) is 0.410.